The third kappa shape index (κ3) is 2.12. The van der Waals surface area contributed by atoms with Gasteiger partial charge in [0, 0.05) is 24.7 Å². The second-order valence-corrected chi connectivity index (χ2v) is 2.90. The van der Waals surface area contributed by atoms with Gasteiger partial charge in [0.25, 0.3) is 0 Å². The molecule has 0 heterocycles. The van der Waals surface area contributed by atoms with Crippen molar-refractivity contribution in [1.82, 2.24) is 0 Å². The summed E-state index contributed by atoms with van der Waals surface area (Å²) in [6, 6.07) is 1.13. The van der Waals surface area contributed by atoms with Crippen LogP contribution in [0.15, 0.2) is 6.07 Å². The van der Waals surface area contributed by atoms with E-state index in [9.17, 15) is 9.50 Å². The molecule has 0 bridgehead atoms. The predicted octanol–water partition coefficient (Wildman–Crippen LogP) is 1.08. The van der Waals surface area contributed by atoms with Crippen LogP contribution in [-0.4, -0.2) is 31.0 Å². The molecular formula is C10H13FO4. The normalized spacial score (nSPS) is 10.1. The Balaban J connectivity index is 3.35. The Morgan fingerprint density at radius 1 is 1.33 bits per heavy atom. The zero-order chi connectivity index (χ0) is 11.4. The van der Waals surface area contributed by atoms with Crippen molar-refractivity contribution in [1.29, 1.82) is 0 Å². The third-order valence-corrected chi connectivity index (χ3v) is 2.04. The summed E-state index contributed by atoms with van der Waals surface area (Å²) >= 11 is 0. The molecule has 0 amide bonds. The molecule has 0 saturated heterocycles. The van der Waals surface area contributed by atoms with Gasteiger partial charge in [0.15, 0.2) is 23.1 Å². The van der Waals surface area contributed by atoms with Gasteiger partial charge in [-0.15, -0.1) is 0 Å². The molecule has 0 aliphatic heterocycles. The highest BCUT2D eigenvalue weighted by Crippen LogP contribution is 2.38. The second-order valence-electron chi connectivity index (χ2n) is 2.90. The van der Waals surface area contributed by atoms with Gasteiger partial charge in [-0.2, -0.15) is 0 Å². The maximum absolute atomic E-state index is 13.5. The van der Waals surface area contributed by atoms with E-state index in [0.29, 0.717) is 0 Å². The average molecular weight is 216 g/mol. The number of halogens is 1. The zero-order valence-electron chi connectivity index (χ0n) is 8.58. The highest BCUT2D eigenvalue weighted by molar-refractivity contribution is 5.52. The van der Waals surface area contributed by atoms with Gasteiger partial charge in [0.1, 0.15) is 0 Å². The van der Waals surface area contributed by atoms with Gasteiger partial charge >= 0.3 is 0 Å². The first-order valence-electron chi connectivity index (χ1n) is 4.38. The molecule has 0 spiro atoms. The Morgan fingerprint density at radius 2 is 2.00 bits per heavy atom. The summed E-state index contributed by atoms with van der Waals surface area (Å²) in [6.45, 7) is -0.236. The fourth-order valence-corrected chi connectivity index (χ4v) is 1.37. The van der Waals surface area contributed by atoms with Gasteiger partial charge in [-0.1, -0.05) is 0 Å². The Bertz CT molecular complexity index is 352. The number of phenolic OH excluding ortho intramolecular Hbond substituents is 1. The first-order valence-corrected chi connectivity index (χ1v) is 4.38. The quantitative estimate of drug-likeness (QED) is 0.790. The van der Waals surface area contributed by atoms with Crippen LogP contribution in [0.2, 0.25) is 0 Å². The minimum absolute atomic E-state index is 0.0553. The van der Waals surface area contributed by atoms with Crippen molar-refractivity contribution in [3.8, 4) is 17.2 Å². The Kier molecular flexibility index (Phi) is 3.74. The largest absolute Gasteiger partial charge is 0.505 e. The Morgan fingerprint density at radius 3 is 2.47 bits per heavy atom. The fourth-order valence-electron chi connectivity index (χ4n) is 1.37. The molecule has 0 saturated carbocycles. The molecule has 1 aromatic rings. The lowest BCUT2D eigenvalue weighted by atomic mass is 10.1. The number of phenols is 1. The van der Waals surface area contributed by atoms with Crippen molar-refractivity contribution in [3.63, 3.8) is 0 Å². The molecule has 15 heavy (non-hydrogen) atoms. The van der Waals surface area contributed by atoms with Gasteiger partial charge in [-0.25, -0.2) is 4.39 Å². The van der Waals surface area contributed by atoms with Crippen LogP contribution in [-0.2, 0) is 6.42 Å². The number of aliphatic hydroxyl groups excluding tert-OH is 1. The number of benzene rings is 1. The monoisotopic (exact) mass is 216 g/mol. The first-order chi connectivity index (χ1) is 7.15. The van der Waals surface area contributed by atoms with Crippen molar-refractivity contribution in [2.75, 3.05) is 20.8 Å². The van der Waals surface area contributed by atoms with E-state index in [1.807, 2.05) is 0 Å². The third-order valence-electron chi connectivity index (χ3n) is 2.04. The van der Waals surface area contributed by atoms with Crippen LogP contribution in [0.5, 0.6) is 17.2 Å². The number of ether oxygens (including phenoxy) is 2. The van der Waals surface area contributed by atoms with E-state index in [4.69, 9.17) is 14.6 Å². The molecule has 0 fully saturated rings. The standard InChI is InChI=1S/C10H13FO4/c1-14-8-5-7(13)9(11)6(3-4-12)10(8)15-2/h5,12-13H,3-4H2,1-2H3. The minimum Gasteiger partial charge on any atom is -0.505 e. The molecule has 0 radical (unpaired) electrons. The summed E-state index contributed by atoms with van der Waals surface area (Å²) in [4.78, 5) is 0. The van der Waals surface area contributed by atoms with Gasteiger partial charge in [0.05, 0.1) is 14.2 Å². The first kappa shape index (κ1) is 11.6. The highest BCUT2D eigenvalue weighted by atomic mass is 19.1. The lowest BCUT2D eigenvalue weighted by Crippen LogP contribution is -2.02. The van der Waals surface area contributed by atoms with Crippen molar-refractivity contribution in [3.05, 3.63) is 17.4 Å². The van der Waals surface area contributed by atoms with Crippen molar-refractivity contribution < 1.29 is 24.1 Å². The highest BCUT2D eigenvalue weighted by Gasteiger charge is 2.18. The molecule has 4 nitrogen and oxygen atoms in total. The summed E-state index contributed by atoms with van der Waals surface area (Å²) in [6.07, 6.45) is 0.0553. The van der Waals surface area contributed by atoms with Crippen molar-refractivity contribution in [2.45, 2.75) is 6.42 Å². The van der Waals surface area contributed by atoms with E-state index in [1.165, 1.54) is 14.2 Å². The lowest BCUT2D eigenvalue weighted by molar-refractivity contribution is 0.289. The fraction of sp³-hybridized carbons (Fsp3) is 0.400. The van der Waals surface area contributed by atoms with E-state index >= 15 is 0 Å². The number of hydrogen-bond acceptors (Lipinski definition) is 4. The minimum atomic E-state index is -0.790. The second kappa shape index (κ2) is 4.84. The SMILES string of the molecule is COc1cc(O)c(F)c(CCO)c1OC. The maximum Gasteiger partial charge on any atom is 0.172 e. The number of methoxy groups -OCH3 is 2. The van der Waals surface area contributed by atoms with Crippen LogP contribution in [0.1, 0.15) is 5.56 Å². The Hall–Kier alpha value is -1.49. The Labute approximate surface area is 86.9 Å². The zero-order valence-corrected chi connectivity index (χ0v) is 8.58. The summed E-state index contributed by atoms with van der Waals surface area (Å²) in [7, 11) is 2.76. The van der Waals surface area contributed by atoms with Gasteiger partial charge in [-0.05, 0) is 0 Å². The molecule has 5 heteroatoms. The van der Waals surface area contributed by atoms with E-state index in [2.05, 4.69) is 0 Å². The van der Waals surface area contributed by atoms with E-state index in [0.717, 1.165) is 6.07 Å². The lowest BCUT2D eigenvalue weighted by Gasteiger charge is -2.13. The summed E-state index contributed by atoms with van der Waals surface area (Å²) in [5.41, 5.74) is 0.108. The molecule has 2 N–H and O–H groups in total. The molecule has 0 aliphatic carbocycles. The van der Waals surface area contributed by atoms with E-state index in [1.54, 1.807) is 0 Å². The molecule has 1 rings (SSSR count). The van der Waals surface area contributed by atoms with Crippen LogP contribution < -0.4 is 9.47 Å². The van der Waals surface area contributed by atoms with E-state index in [-0.39, 0.29) is 30.1 Å². The molecule has 0 atom stereocenters. The number of rotatable bonds is 4. The van der Waals surface area contributed by atoms with Gasteiger partial charge in [0.2, 0.25) is 0 Å². The summed E-state index contributed by atoms with van der Waals surface area (Å²) in [5.74, 6) is -0.875. The molecule has 0 aromatic heterocycles. The van der Waals surface area contributed by atoms with Crippen LogP contribution >= 0.6 is 0 Å². The van der Waals surface area contributed by atoms with Gasteiger partial charge in [-0.3, -0.25) is 0 Å². The molecule has 0 unspecified atom stereocenters. The molecule has 0 aliphatic rings. The molecular weight excluding hydrogens is 203 g/mol. The topological polar surface area (TPSA) is 58.9 Å². The van der Waals surface area contributed by atoms with Crippen LogP contribution in [0.3, 0.4) is 0 Å². The van der Waals surface area contributed by atoms with Crippen molar-refractivity contribution >= 4 is 0 Å². The van der Waals surface area contributed by atoms with Crippen LogP contribution in [0, 0.1) is 5.82 Å². The maximum atomic E-state index is 13.5. The average Bonchev–Trinajstić information content (AvgIpc) is 2.24. The smallest absolute Gasteiger partial charge is 0.172 e. The van der Waals surface area contributed by atoms with Gasteiger partial charge < -0.3 is 19.7 Å². The van der Waals surface area contributed by atoms with Crippen LogP contribution in [0.25, 0.3) is 0 Å². The summed E-state index contributed by atoms with van der Waals surface area (Å²) in [5, 5.41) is 18.0. The summed E-state index contributed by atoms with van der Waals surface area (Å²) < 4.78 is 23.4. The number of aliphatic hydroxyl groups is 1. The number of aromatic hydroxyl groups is 1. The molecule has 84 valence electrons. The molecule has 1 aromatic carbocycles. The number of hydrogen-bond donors (Lipinski definition) is 2. The predicted molar refractivity (Wildman–Crippen MR) is 52.0 cm³/mol. The van der Waals surface area contributed by atoms with Crippen LogP contribution in [0.4, 0.5) is 4.39 Å². The van der Waals surface area contributed by atoms with Crippen molar-refractivity contribution in [2.24, 2.45) is 0 Å². The van der Waals surface area contributed by atoms with E-state index < -0.39 is 11.6 Å².